The molecule has 1 unspecified atom stereocenters. The Labute approximate surface area is 110 Å². The second kappa shape index (κ2) is 6.07. The molecule has 0 N–H and O–H groups in total. The molecular formula is C15H25NO2. The van der Waals surface area contributed by atoms with Gasteiger partial charge in [0.25, 0.3) is 0 Å². The highest BCUT2D eigenvalue weighted by atomic mass is 16.6. The van der Waals surface area contributed by atoms with Gasteiger partial charge in [0.15, 0.2) is 0 Å². The number of hydrogen-bond acceptors (Lipinski definition) is 2. The number of rotatable bonds is 4. The highest BCUT2D eigenvalue weighted by molar-refractivity contribution is 5.69. The molecule has 1 amide bonds. The molecule has 0 radical (unpaired) electrons. The monoisotopic (exact) mass is 251 g/mol. The molecule has 1 heterocycles. The first-order valence-corrected chi connectivity index (χ1v) is 6.62. The SMILES string of the molecule is C=CCC1CC[C@@H](CC=C)N1C(=O)OC(C)(C)C. The average molecular weight is 251 g/mol. The minimum absolute atomic E-state index is 0.210. The quantitative estimate of drug-likeness (QED) is 0.709. The van der Waals surface area contributed by atoms with Gasteiger partial charge in [-0.1, -0.05) is 12.2 Å². The van der Waals surface area contributed by atoms with Crippen LogP contribution in [-0.2, 0) is 4.74 Å². The van der Waals surface area contributed by atoms with Gasteiger partial charge in [-0.05, 0) is 46.5 Å². The molecule has 0 aromatic heterocycles. The van der Waals surface area contributed by atoms with Crippen molar-refractivity contribution >= 4 is 6.09 Å². The Morgan fingerprint density at radius 1 is 1.22 bits per heavy atom. The van der Waals surface area contributed by atoms with Crippen molar-refractivity contribution in [2.75, 3.05) is 0 Å². The summed E-state index contributed by atoms with van der Waals surface area (Å²) in [6.07, 6.45) is 7.22. The summed E-state index contributed by atoms with van der Waals surface area (Å²) >= 11 is 0. The first-order valence-electron chi connectivity index (χ1n) is 6.62. The number of carbonyl (C=O) groups excluding carboxylic acids is 1. The third-order valence-electron chi connectivity index (χ3n) is 3.10. The van der Waals surface area contributed by atoms with Crippen molar-refractivity contribution < 1.29 is 9.53 Å². The van der Waals surface area contributed by atoms with Crippen LogP contribution in [-0.4, -0.2) is 28.7 Å². The summed E-state index contributed by atoms with van der Waals surface area (Å²) in [6.45, 7) is 13.2. The van der Waals surface area contributed by atoms with Crippen molar-refractivity contribution in [2.45, 2.75) is 64.1 Å². The standard InChI is InChI=1S/C15H25NO2/c1-6-8-12-10-11-13(9-7-2)16(12)14(17)18-15(3,4)5/h6-7,12-13H,1-2,8-11H2,3-5H3/t12-,13?/m1/s1. The molecule has 1 rings (SSSR count). The second-order valence-corrected chi connectivity index (χ2v) is 5.82. The van der Waals surface area contributed by atoms with Crippen LogP contribution in [0.4, 0.5) is 4.79 Å². The lowest BCUT2D eigenvalue weighted by Gasteiger charge is -2.32. The maximum absolute atomic E-state index is 12.3. The van der Waals surface area contributed by atoms with Crippen LogP contribution < -0.4 is 0 Å². The van der Waals surface area contributed by atoms with Gasteiger partial charge < -0.3 is 9.64 Å². The van der Waals surface area contributed by atoms with E-state index in [2.05, 4.69) is 13.2 Å². The van der Waals surface area contributed by atoms with Crippen LogP contribution in [0.3, 0.4) is 0 Å². The van der Waals surface area contributed by atoms with Gasteiger partial charge in [0.05, 0.1) is 0 Å². The minimum Gasteiger partial charge on any atom is -0.444 e. The highest BCUT2D eigenvalue weighted by Gasteiger charge is 2.37. The fraction of sp³-hybridized carbons (Fsp3) is 0.667. The summed E-state index contributed by atoms with van der Waals surface area (Å²) in [7, 11) is 0. The molecule has 0 aliphatic carbocycles. The molecule has 0 saturated carbocycles. The lowest BCUT2D eigenvalue weighted by Crippen LogP contribution is -2.44. The number of amides is 1. The lowest BCUT2D eigenvalue weighted by atomic mass is 10.1. The van der Waals surface area contributed by atoms with Crippen LogP contribution in [0, 0.1) is 0 Å². The zero-order valence-electron chi connectivity index (χ0n) is 11.8. The number of nitrogens with zero attached hydrogens (tertiary/aromatic N) is 1. The molecule has 3 nitrogen and oxygen atoms in total. The largest absolute Gasteiger partial charge is 0.444 e. The average Bonchev–Trinajstić information content (AvgIpc) is 2.60. The molecule has 0 aromatic carbocycles. The van der Waals surface area contributed by atoms with E-state index in [1.807, 2.05) is 37.8 Å². The van der Waals surface area contributed by atoms with Crippen molar-refractivity contribution in [1.82, 2.24) is 4.90 Å². The summed E-state index contributed by atoms with van der Waals surface area (Å²) in [5.41, 5.74) is -0.447. The van der Waals surface area contributed by atoms with Crippen LogP contribution in [0.5, 0.6) is 0 Å². The van der Waals surface area contributed by atoms with Gasteiger partial charge in [-0.2, -0.15) is 0 Å². The Morgan fingerprint density at radius 3 is 2.00 bits per heavy atom. The molecule has 2 atom stereocenters. The zero-order chi connectivity index (χ0) is 13.8. The molecule has 0 spiro atoms. The van der Waals surface area contributed by atoms with Gasteiger partial charge in [-0.25, -0.2) is 4.79 Å². The van der Waals surface area contributed by atoms with Crippen LogP contribution in [0.1, 0.15) is 46.5 Å². The van der Waals surface area contributed by atoms with Crippen LogP contribution in [0.2, 0.25) is 0 Å². The Balaban J connectivity index is 2.78. The topological polar surface area (TPSA) is 29.5 Å². The molecule has 1 aliphatic rings. The normalized spacial score (nSPS) is 23.8. The van der Waals surface area contributed by atoms with Crippen molar-refractivity contribution in [3.63, 3.8) is 0 Å². The van der Waals surface area contributed by atoms with E-state index in [0.717, 1.165) is 25.7 Å². The van der Waals surface area contributed by atoms with Gasteiger partial charge in [-0.3, -0.25) is 0 Å². The van der Waals surface area contributed by atoms with Crippen LogP contribution in [0.15, 0.2) is 25.3 Å². The molecule has 1 aliphatic heterocycles. The Hall–Kier alpha value is -1.25. The van der Waals surface area contributed by atoms with Gasteiger partial charge in [-0.15, -0.1) is 13.2 Å². The second-order valence-electron chi connectivity index (χ2n) is 5.82. The fourth-order valence-corrected chi connectivity index (χ4v) is 2.42. The maximum atomic E-state index is 12.3. The van der Waals surface area contributed by atoms with E-state index in [0.29, 0.717) is 0 Å². The van der Waals surface area contributed by atoms with Crippen LogP contribution in [0.25, 0.3) is 0 Å². The Morgan fingerprint density at radius 2 is 1.67 bits per heavy atom. The molecule has 3 heteroatoms. The number of likely N-dealkylation sites (tertiary alicyclic amines) is 1. The van der Waals surface area contributed by atoms with E-state index in [1.165, 1.54) is 0 Å². The first kappa shape index (κ1) is 14.8. The van der Waals surface area contributed by atoms with Gasteiger partial charge in [0.1, 0.15) is 5.60 Å². The summed E-state index contributed by atoms with van der Waals surface area (Å²) in [5, 5.41) is 0. The predicted octanol–water partition coefficient (Wildman–Crippen LogP) is 3.91. The molecule has 1 saturated heterocycles. The first-order chi connectivity index (χ1) is 8.39. The van der Waals surface area contributed by atoms with Crippen molar-refractivity contribution in [2.24, 2.45) is 0 Å². The van der Waals surface area contributed by atoms with Crippen molar-refractivity contribution in [3.8, 4) is 0 Å². The number of hydrogen-bond donors (Lipinski definition) is 0. The summed E-state index contributed by atoms with van der Waals surface area (Å²) < 4.78 is 5.49. The van der Waals surface area contributed by atoms with Crippen molar-refractivity contribution in [3.05, 3.63) is 25.3 Å². The molecule has 1 fully saturated rings. The van der Waals surface area contributed by atoms with E-state index >= 15 is 0 Å². The van der Waals surface area contributed by atoms with Crippen LogP contribution >= 0.6 is 0 Å². The van der Waals surface area contributed by atoms with E-state index < -0.39 is 5.60 Å². The number of ether oxygens (including phenoxy) is 1. The molecule has 0 bridgehead atoms. The van der Waals surface area contributed by atoms with Crippen molar-refractivity contribution in [1.29, 1.82) is 0 Å². The van der Waals surface area contributed by atoms with Gasteiger partial charge in [0, 0.05) is 12.1 Å². The third-order valence-corrected chi connectivity index (χ3v) is 3.10. The summed E-state index contributed by atoms with van der Waals surface area (Å²) in [4.78, 5) is 14.2. The summed E-state index contributed by atoms with van der Waals surface area (Å²) in [5.74, 6) is 0. The highest BCUT2D eigenvalue weighted by Crippen LogP contribution is 2.30. The molecular weight excluding hydrogens is 226 g/mol. The minimum atomic E-state index is -0.447. The maximum Gasteiger partial charge on any atom is 0.410 e. The molecule has 102 valence electrons. The van der Waals surface area contributed by atoms with Gasteiger partial charge >= 0.3 is 6.09 Å². The molecule has 18 heavy (non-hydrogen) atoms. The third kappa shape index (κ3) is 3.90. The summed E-state index contributed by atoms with van der Waals surface area (Å²) in [6, 6.07) is 0.449. The van der Waals surface area contributed by atoms with Gasteiger partial charge in [0.2, 0.25) is 0 Å². The number of carbonyl (C=O) groups is 1. The van der Waals surface area contributed by atoms with E-state index in [-0.39, 0.29) is 18.2 Å². The molecule has 0 aromatic rings. The zero-order valence-corrected chi connectivity index (χ0v) is 11.8. The van der Waals surface area contributed by atoms with E-state index in [1.54, 1.807) is 0 Å². The smallest absolute Gasteiger partial charge is 0.410 e. The fourth-order valence-electron chi connectivity index (χ4n) is 2.42. The predicted molar refractivity (Wildman–Crippen MR) is 74.5 cm³/mol. The Kier molecular flexibility index (Phi) is 5.00. The lowest BCUT2D eigenvalue weighted by molar-refractivity contribution is 0.0151. The van der Waals surface area contributed by atoms with E-state index in [9.17, 15) is 4.79 Å². The Bertz CT molecular complexity index is 299. The van der Waals surface area contributed by atoms with E-state index in [4.69, 9.17) is 4.74 Å².